The molecule has 1 aromatic carbocycles. The zero-order valence-electron chi connectivity index (χ0n) is 11.2. The van der Waals surface area contributed by atoms with E-state index in [1.165, 1.54) is 5.56 Å². The average molecular weight is 274 g/mol. The summed E-state index contributed by atoms with van der Waals surface area (Å²) in [6.07, 6.45) is 3.59. The molecular weight excluding hydrogens is 258 g/mol. The van der Waals surface area contributed by atoms with Gasteiger partial charge in [-0.05, 0) is 37.6 Å². The third kappa shape index (κ3) is 2.10. The lowest BCUT2D eigenvalue weighted by atomic mass is 9.90. The summed E-state index contributed by atoms with van der Waals surface area (Å²) in [5, 5.41) is 3.12. The van der Waals surface area contributed by atoms with Crippen LogP contribution in [-0.4, -0.2) is 12.0 Å². The first kappa shape index (κ1) is 13.2. The number of pyridine rings is 1. The van der Waals surface area contributed by atoms with Crippen LogP contribution in [0.15, 0.2) is 36.5 Å². The van der Waals surface area contributed by atoms with Gasteiger partial charge in [-0.1, -0.05) is 18.2 Å². The lowest BCUT2D eigenvalue weighted by Gasteiger charge is -2.24. The maximum atomic E-state index is 14.0. The van der Waals surface area contributed by atoms with Gasteiger partial charge in [0.25, 0.3) is 0 Å². The Kier molecular flexibility index (Phi) is 3.49. The number of aromatic nitrogens is 1. The van der Waals surface area contributed by atoms with Crippen LogP contribution in [0, 0.1) is 11.6 Å². The molecule has 1 aromatic heterocycles. The van der Waals surface area contributed by atoms with Gasteiger partial charge in [0.1, 0.15) is 0 Å². The predicted molar refractivity (Wildman–Crippen MR) is 73.5 cm³/mol. The van der Waals surface area contributed by atoms with Crippen LogP contribution in [0.5, 0.6) is 0 Å². The molecule has 0 radical (unpaired) electrons. The first-order chi connectivity index (χ1) is 9.72. The summed E-state index contributed by atoms with van der Waals surface area (Å²) in [5.41, 5.74) is 2.57. The fourth-order valence-electron chi connectivity index (χ4n) is 3.10. The Bertz CT molecular complexity index is 628. The number of hydrogen-bond donors (Lipinski definition) is 1. The number of fused-ring (bicyclic) bond motifs is 1. The molecular formula is C16H16F2N2. The van der Waals surface area contributed by atoms with Gasteiger partial charge in [-0.2, -0.15) is 0 Å². The van der Waals surface area contributed by atoms with E-state index >= 15 is 0 Å². The molecule has 1 N–H and O–H groups in total. The first-order valence-electron chi connectivity index (χ1n) is 6.77. The number of nitrogens with one attached hydrogen (secondary N) is 1. The Morgan fingerprint density at radius 2 is 2.10 bits per heavy atom. The molecule has 0 fully saturated rings. The Labute approximate surface area is 116 Å². The number of aryl methyl sites for hydroxylation is 1. The highest BCUT2D eigenvalue weighted by Crippen LogP contribution is 2.41. The zero-order valence-corrected chi connectivity index (χ0v) is 11.2. The second kappa shape index (κ2) is 5.29. The number of rotatable bonds is 3. The molecule has 2 nitrogen and oxygen atoms in total. The van der Waals surface area contributed by atoms with E-state index in [1.807, 2.05) is 6.07 Å². The number of likely N-dealkylation sites (N-methyl/N-ethyl adjacent to an activating group) is 1. The van der Waals surface area contributed by atoms with Crippen LogP contribution in [0.3, 0.4) is 0 Å². The van der Waals surface area contributed by atoms with E-state index in [2.05, 4.69) is 16.4 Å². The lowest BCUT2D eigenvalue weighted by molar-refractivity contribution is 0.429. The van der Waals surface area contributed by atoms with E-state index in [0.717, 1.165) is 24.6 Å². The van der Waals surface area contributed by atoms with E-state index in [4.69, 9.17) is 0 Å². The van der Waals surface area contributed by atoms with Gasteiger partial charge in [0, 0.05) is 29.4 Å². The predicted octanol–water partition coefficient (Wildman–Crippen LogP) is 3.35. The molecule has 20 heavy (non-hydrogen) atoms. The van der Waals surface area contributed by atoms with E-state index in [9.17, 15) is 8.78 Å². The number of nitrogens with zero attached hydrogens (tertiary/aromatic N) is 1. The van der Waals surface area contributed by atoms with Gasteiger partial charge in [-0.25, -0.2) is 8.78 Å². The minimum Gasteiger partial charge on any atom is -0.312 e. The summed E-state index contributed by atoms with van der Waals surface area (Å²) >= 11 is 0. The van der Waals surface area contributed by atoms with Crippen molar-refractivity contribution in [3.63, 3.8) is 0 Å². The fourth-order valence-corrected chi connectivity index (χ4v) is 3.10. The quantitative estimate of drug-likeness (QED) is 0.928. The van der Waals surface area contributed by atoms with Gasteiger partial charge < -0.3 is 5.32 Å². The summed E-state index contributed by atoms with van der Waals surface area (Å²) in [4.78, 5) is 4.43. The highest BCUT2D eigenvalue weighted by molar-refractivity contribution is 5.34. The molecule has 2 aromatic rings. The number of benzene rings is 1. The van der Waals surface area contributed by atoms with Gasteiger partial charge in [-0.15, -0.1) is 0 Å². The van der Waals surface area contributed by atoms with Gasteiger partial charge in [-0.3, -0.25) is 4.98 Å². The van der Waals surface area contributed by atoms with Crippen molar-refractivity contribution < 1.29 is 8.78 Å². The summed E-state index contributed by atoms with van der Waals surface area (Å²) in [5.74, 6) is -1.49. The molecule has 0 saturated carbocycles. The van der Waals surface area contributed by atoms with Crippen LogP contribution in [0.25, 0.3) is 0 Å². The van der Waals surface area contributed by atoms with Crippen molar-refractivity contribution in [1.29, 1.82) is 0 Å². The molecule has 104 valence electrons. The smallest absolute Gasteiger partial charge is 0.163 e. The second-order valence-corrected chi connectivity index (χ2v) is 5.10. The van der Waals surface area contributed by atoms with Crippen molar-refractivity contribution in [3.05, 3.63) is 65.0 Å². The third-order valence-corrected chi connectivity index (χ3v) is 4.03. The molecule has 0 amide bonds. The van der Waals surface area contributed by atoms with E-state index < -0.39 is 11.6 Å². The Morgan fingerprint density at radius 1 is 1.25 bits per heavy atom. The summed E-state index contributed by atoms with van der Waals surface area (Å²) in [6, 6.07) is 8.04. The monoisotopic (exact) mass is 274 g/mol. The Hall–Kier alpha value is -1.81. The SMILES string of the molecule is CNC(c1cccc(F)c1F)C1CCc2cccnc21. The second-order valence-electron chi connectivity index (χ2n) is 5.10. The molecule has 0 saturated heterocycles. The molecule has 0 aliphatic heterocycles. The largest absolute Gasteiger partial charge is 0.312 e. The minimum absolute atomic E-state index is 0.0764. The lowest BCUT2D eigenvalue weighted by Crippen LogP contribution is -2.24. The van der Waals surface area contributed by atoms with Crippen LogP contribution >= 0.6 is 0 Å². The topological polar surface area (TPSA) is 24.9 Å². The Morgan fingerprint density at radius 3 is 2.90 bits per heavy atom. The first-order valence-corrected chi connectivity index (χ1v) is 6.77. The molecule has 2 atom stereocenters. The summed E-state index contributed by atoms with van der Waals surface area (Å²) in [6.45, 7) is 0. The molecule has 2 unspecified atom stereocenters. The van der Waals surface area contributed by atoms with Crippen LogP contribution in [0.2, 0.25) is 0 Å². The van der Waals surface area contributed by atoms with Crippen molar-refractivity contribution in [2.75, 3.05) is 7.05 Å². The normalized spacial score (nSPS) is 18.9. The maximum Gasteiger partial charge on any atom is 0.163 e. The van der Waals surface area contributed by atoms with Crippen molar-refractivity contribution in [2.45, 2.75) is 24.8 Å². The van der Waals surface area contributed by atoms with Crippen LogP contribution < -0.4 is 5.32 Å². The fraction of sp³-hybridized carbons (Fsp3) is 0.312. The summed E-state index contributed by atoms with van der Waals surface area (Å²) < 4.78 is 27.5. The van der Waals surface area contributed by atoms with E-state index in [1.54, 1.807) is 25.4 Å². The van der Waals surface area contributed by atoms with Crippen LogP contribution in [0.4, 0.5) is 8.78 Å². The molecule has 1 aliphatic rings. The van der Waals surface area contributed by atoms with E-state index in [0.29, 0.717) is 5.56 Å². The molecule has 0 spiro atoms. The van der Waals surface area contributed by atoms with Crippen molar-refractivity contribution in [1.82, 2.24) is 10.3 Å². The van der Waals surface area contributed by atoms with Crippen LogP contribution in [0.1, 0.15) is 35.2 Å². The van der Waals surface area contributed by atoms with Crippen molar-refractivity contribution in [2.24, 2.45) is 0 Å². The molecule has 4 heteroatoms. The molecule has 3 rings (SSSR count). The standard InChI is InChI=1S/C16H16F2N2/c1-19-16(11-5-2-6-13(17)14(11)18)12-8-7-10-4-3-9-20-15(10)12/h2-6,9,12,16,19H,7-8H2,1H3. The molecule has 1 heterocycles. The minimum atomic E-state index is -0.804. The highest BCUT2D eigenvalue weighted by atomic mass is 19.2. The number of halogens is 2. The van der Waals surface area contributed by atoms with Gasteiger partial charge >= 0.3 is 0 Å². The summed E-state index contributed by atoms with van der Waals surface area (Å²) in [7, 11) is 1.77. The average Bonchev–Trinajstić information content (AvgIpc) is 2.88. The van der Waals surface area contributed by atoms with Gasteiger partial charge in [0.2, 0.25) is 0 Å². The van der Waals surface area contributed by atoms with Crippen molar-refractivity contribution >= 4 is 0 Å². The van der Waals surface area contributed by atoms with E-state index in [-0.39, 0.29) is 12.0 Å². The third-order valence-electron chi connectivity index (χ3n) is 4.03. The highest BCUT2D eigenvalue weighted by Gasteiger charge is 2.32. The maximum absolute atomic E-state index is 14.0. The zero-order chi connectivity index (χ0) is 14.1. The van der Waals surface area contributed by atoms with Crippen LogP contribution in [-0.2, 0) is 6.42 Å². The van der Waals surface area contributed by atoms with Crippen molar-refractivity contribution in [3.8, 4) is 0 Å². The van der Waals surface area contributed by atoms with Gasteiger partial charge in [0.15, 0.2) is 11.6 Å². The molecule has 0 bridgehead atoms. The number of hydrogen-bond acceptors (Lipinski definition) is 2. The Balaban J connectivity index is 2.02. The molecule has 1 aliphatic carbocycles. The van der Waals surface area contributed by atoms with Gasteiger partial charge in [0.05, 0.1) is 0 Å².